The number of rotatable bonds is 3. The number of aliphatic hydroxyl groups is 4. The molecule has 5 atom stereocenters. The van der Waals surface area contributed by atoms with E-state index in [0.717, 1.165) is 12.5 Å². The number of benzene rings is 3. The molecule has 0 bridgehead atoms. The normalized spacial score (nSPS) is 27.3. The Labute approximate surface area is 235 Å². The molecule has 0 radical (unpaired) electrons. The highest BCUT2D eigenvalue weighted by Gasteiger charge is 2.65. The molecule has 0 aromatic heterocycles. The SMILES string of the molecule is CC(=O)C1=C(O)[C@]2(O)C(=O)C3=C(O)c4c(O)c(-c5ccccc5)cc(-c5ccccc5)c4[C@@H](C)[C@@H]3[C@@H](O)[C@@H]2CC1=O. The third kappa shape index (κ3) is 3.57. The van der Waals surface area contributed by atoms with Gasteiger partial charge in [0.15, 0.2) is 17.2 Å². The van der Waals surface area contributed by atoms with Crippen molar-refractivity contribution in [2.45, 2.75) is 37.9 Å². The van der Waals surface area contributed by atoms with Crippen LogP contribution in [-0.4, -0.2) is 54.6 Å². The Balaban J connectivity index is 1.68. The van der Waals surface area contributed by atoms with Crippen LogP contribution in [0.3, 0.4) is 0 Å². The number of Topliss-reactive ketones (excluding diaryl/α,β-unsaturated/α-hetero) is 3. The van der Waals surface area contributed by atoms with Gasteiger partial charge in [0.1, 0.15) is 22.8 Å². The maximum Gasteiger partial charge on any atom is 0.202 e. The van der Waals surface area contributed by atoms with Crippen LogP contribution in [0.15, 0.2) is 83.6 Å². The summed E-state index contributed by atoms with van der Waals surface area (Å²) in [5, 5.41) is 57.6. The fourth-order valence-electron chi connectivity index (χ4n) is 6.95. The van der Waals surface area contributed by atoms with Crippen LogP contribution >= 0.6 is 0 Å². The highest BCUT2D eigenvalue weighted by Crippen LogP contribution is 2.58. The van der Waals surface area contributed by atoms with Gasteiger partial charge in [0.05, 0.1) is 11.7 Å². The Morgan fingerprint density at radius 3 is 2.02 bits per heavy atom. The summed E-state index contributed by atoms with van der Waals surface area (Å²) in [6.45, 7) is 2.77. The minimum absolute atomic E-state index is 0.0197. The van der Waals surface area contributed by atoms with Crippen molar-refractivity contribution >= 4 is 23.1 Å². The van der Waals surface area contributed by atoms with E-state index < -0.39 is 70.3 Å². The maximum atomic E-state index is 14.1. The van der Waals surface area contributed by atoms with E-state index >= 15 is 0 Å². The summed E-state index contributed by atoms with van der Waals surface area (Å²) in [7, 11) is 0. The van der Waals surface area contributed by atoms with E-state index in [1.807, 2.05) is 36.4 Å². The molecule has 5 N–H and O–H groups in total. The van der Waals surface area contributed by atoms with Gasteiger partial charge in [0.25, 0.3) is 0 Å². The Morgan fingerprint density at radius 1 is 0.902 bits per heavy atom. The van der Waals surface area contributed by atoms with Crippen molar-refractivity contribution in [3.63, 3.8) is 0 Å². The van der Waals surface area contributed by atoms with E-state index in [4.69, 9.17) is 0 Å². The lowest BCUT2D eigenvalue weighted by atomic mass is 9.55. The van der Waals surface area contributed by atoms with Crippen LogP contribution in [-0.2, 0) is 14.4 Å². The number of aromatic hydroxyl groups is 1. The van der Waals surface area contributed by atoms with Crippen LogP contribution < -0.4 is 0 Å². The van der Waals surface area contributed by atoms with Crippen LogP contribution in [0, 0.1) is 11.8 Å². The minimum Gasteiger partial charge on any atom is -0.508 e. The monoisotopic (exact) mass is 552 g/mol. The topological polar surface area (TPSA) is 152 Å². The molecule has 0 amide bonds. The molecule has 0 saturated heterocycles. The first kappa shape index (κ1) is 26.7. The number of phenols is 1. The van der Waals surface area contributed by atoms with Crippen molar-refractivity contribution in [2.75, 3.05) is 0 Å². The Bertz CT molecular complexity index is 1700. The second-order valence-electron chi connectivity index (χ2n) is 11.0. The molecule has 41 heavy (non-hydrogen) atoms. The molecule has 0 heterocycles. The van der Waals surface area contributed by atoms with Gasteiger partial charge >= 0.3 is 0 Å². The average Bonchev–Trinajstić information content (AvgIpc) is 2.96. The summed E-state index contributed by atoms with van der Waals surface area (Å²) >= 11 is 0. The molecule has 8 heteroatoms. The summed E-state index contributed by atoms with van der Waals surface area (Å²) in [5.74, 6) is -8.00. The van der Waals surface area contributed by atoms with E-state index in [2.05, 4.69) is 0 Å². The van der Waals surface area contributed by atoms with Gasteiger partial charge in [-0.15, -0.1) is 0 Å². The summed E-state index contributed by atoms with van der Waals surface area (Å²) in [5.41, 5.74) is -0.923. The van der Waals surface area contributed by atoms with Gasteiger partial charge < -0.3 is 25.5 Å². The average molecular weight is 553 g/mol. The van der Waals surface area contributed by atoms with E-state index in [0.29, 0.717) is 22.3 Å². The smallest absolute Gasteiger partial charge is 0.202 e. The number of hydrogen-bond acceptors (Lipinski definition) is 8. The van der Waals surface area contributed by atoms with Gasteiger partial charge in [-0.1, -0.05) is 67.6 Å². The third-order valence-electron chi connectivity index (χ3n) is 8.87. The van der Waals surface area contributed by atoms with E-state index in [1.165, 1.54) is 0 Å². The van der Waals surface area contributed by atoms with Gasteiger partial charge in [0, 0.05) is 29.4 Å². The van der Waals surface area contributed by atoms with Crippen LogP contribution in [0.4, 0.5) is 0 Å². The predicted molar refractivity (Wildman–Crippen MR) is 150 cm³/mol. The van der Waals surface area contributed by atoms with E-state index in [-0.39, 0.29) is 16.9 Å². The van der Waals surface area contributed by atoms with Crippen LogP contribution in [0.25, 0.3) is 28.0 Å². The molecule has 3 aromatic rings. The van der Waals surface area contributed by atoms with Crippen molar-refractivity contribution in [2.24, 2.45) is 11.8 Å². The summed E-state index contributed by atoms with van der Waals surface area (Å²) in [6.07, 6.45) is -2.10. The second-order valence-corrected chi connectivity index (χ2v) is 11.0. The molecule has 208 valence electrons. The third-order valence-corrected chi connectivity index (χ3v) is 8.87. The Kier molecular flexibility index (Phi) is 6.02. The number of aliphatic hydroxyl groups excluding tert-OH is 3. The molecule has 0 aliphatic heterocycles. The predicted octanol–water partition coefficient (Wildman–Crippen LogP) is 4.39. The minimum atomic E-state index is -2.81. The summed E-state index contributed by atoms with van der Waals surface area (Å²) in [4.78, 5) is 39.0. The van der Waals surface area contributed by atoms with Crippen molar-refractivity contribution in [3.8, 4) is 28.0 Å². The number of carbonyl (C=O) groups is 3. The Hall–Kier alpha value is -4.53. The zero-order chi connectivity index (χ0) is 29.4. The lowest BCUT2D eigenvalue weighted by molar-refractivity contribution is -0.160. The molecule has 0 spiro atoms. The summed E-state index contributed by atoms with van der Waals surface area (Å²) < 4.78 is 0. The summed E-state index contributed by atoms with van der Waals surface area (Å²) in [6, 6.07) is 20.1. The quantitative estimate of drug-likeness (QED) is 0.300. The van der Waals surface area contributed by atoms with Gasteiger partial charge in [0.2, 0.25) is 5.78 Å². The highest BCUT2D eigenvalue weighted by atomic mass is 16.4. The molecule has 0 unspecified atom stereocenters. The van der Waals surface area contributed by atoms with Crippen molar-refractivity contribution in [3.05, 3.63) is 94.8 Å². The first-order chi connectivity index (χ1) is 19.5. The van der Waals surface area contributed by atoms with Crippen LogP contribution in [0.2, 0.25) is 0 Å². The van der Waals surface area contributed by atoms with Gasteiger partial charge in [-0.05, 0) is 41.2 Å². The molecule has 8 nitrogen and oxygen atoms in total. The first-order valence-corrected chi connectivity index (χ1v) is 13.4. The lowest BCUT2D eigenvalue weighted by Crippen LogP contribution is -2.63. The van der Waals surface area contributed by atoms with Gasteiger partial charge in [-0.2, -0.15) is 0 Å². The fraction of sp³-hybridized carbons (Fsp3) is 0.242. The molecular weight excluding hydrogens is 524 g/mol. The molecule has 6 rings (SSSR count). The zero-order valence-electron chi connectivity index (χ0n) is 22.3. The number of phenolic OH excluding ortho intramolecular Hbond substituents is 1. The molecule has 3 aliphatic carbocycles. The lowest BCUT2D eigenvalue weighted by Gasteiger charge is -2.50. The van der Waals surface area contributed by atoms with Crippen LogP contribution in [0.1, 0.15) is 37.3 Å². The number of fused-ring (bicyclic) bond motifs is 3. The molecule has 3 aromatic carbocycles. The molecular formula is C33H28O8. The van der Waals surface area contributed by atoms with Crippen molar-refractivity contribution < 1.29 is 39.9 Å². The standard InChI is InChI=1S/C33H28O8/c1-15-23-19(17-9-5-3-6-10-17)13-20(18-11-7-4-8-12-18)28(36)26(23)30(38)27-24(15)29(37)21-14-22(35)25(16(2)34)31(39)33(21,41)32(27)40/h3-13,15,21,24,29,36-39,41H,14H2,1-2H3/t15-,21+,24+,29+,33+/m1/s1. The second kappa shape index (κ2) is 9.26. The largest absolute Gasteiger partial charge is 0.508 e. The number of hydrogen-bond donors (Lipinski definition) is 5. The molecule has 1 fully saturated rings. The van der Waals surface area contributed by atoms with Crippen LogP contribution in [0.5, 0.6) is 5.75 Å². The maximum absolute atomic E-state index is 14.1. The van der Waals surface area contributed by atoms with Crippen molar-refractivity contribution in [1.29, 1.82) is 0 Å². The van der Waals surface area contributed by atoms with E-state index in [1.54, 1.807) is 37.3 Å². The van der Waals surface area contributed by atoms with Gasteiger partial charge in [-0.25, -0.2) is 0 Å². The number of carbonyl (C=O) groups excluding carboxylic acids is 3. The number of allylic oxidation sites excluding steroid dienone is 1. The fourth-order valence-corrected chi connectivity index (χ4v) is 6.95. The number of ketones is 3. The highest BCUT2D eigenvalue weighted by molar-refractivity contribution is 6.23. The van der Waals surface area contributed by atoms with E-state index in [9.17, 15) is 39.9 Å². The Morgan fingerprint density at radius 2 is 1.46 bits per heavy atom. The first-order valence-electron chi connectivity index (χ1n) is 13.4. The zero-order valence-corrected chi connectivity index (χ0v) is 22.3. The van der Waals surface area contributed by atoms with Crippen molar-refractivity contribution in [1.82, 2.24) is 0 Å². The molecule has 1 saturated carbocycles. The van der Waals surface area contributed by atoms with Gasteiger partial charge in [-0.3, -0.25) is 14.4 Å². The molecule has 3 aliphatic rings.